The van der Waals surface area contributed by atoms with Gasteiger partial charge in [-0.3, -0.25) is 4.79 Å². The SMILES string of the molecule is COc1ccc(C(C)=O)c(Br)n1. The van der Waals surface area contributed by atoms with E-state index in [-0.39, 0.29) is 5.78 Å². The van der Waals surface area contributed by atoms with Crippen LogP contribution in [-0.2, 0) is 0 Å². The fourth-order valence-electron chi connectivity index (χ4n) is 0.794. The summed E-state index contributed by atoms with van der Waals surface area (Å²) in [6, 6.07) is 3.33. The number of methoxy groups -OCH3 is 1. The third kappa shape index (κ3) is 1.82. The predicted octanol–water partition coefficient (Wildman–Crippen LogP) is 2.06. The van der Waals surface area contributed by atoms with Crippen LogP contribution in [0.25, 0.3) is 0 Å². The van der Waals surface area contributed by atoms with Gasteiger partial charge in [-0.2, -0.15) is 0 Å². The fraction of sp³-hybridized carbons (Fsp3) is 0.250. The van der Waals surface area contributed by atoms with Gasteiger partial charge in [0.1, 0.15) is 4.60 Å². The van der Waals surface area contributed by atoms with Crippen LogP contribution in [0.3, 0.4) is 0 Å². The minimum absolute atomic E-state index is 0.0166. The largest absolute Gasteiger partial charge is 0.481 e. The van der Waals surface area contributed by atoms with Crippen molar-refractivity contribution >= 4 is 21.7 Å². The maximum Gasteiger partial charge on any atom is 0.214 e. The van der Waals surface area contributed by atoms with Crippen molar-refractivity contribution in [3.63, 3.8) is 0 Å². The summed E-state index contributed by atoms with van der Waals surface area (Å²) in [4.78, 5) is 14.9. The second-order valence-corrected chi connectivity index (χ2v) is 3.00. The van der Waals surface area contributed by atoms with Crippen LogP contribution in [0.2, 0.25) is 0 Å². The zero-order valence-electron chi connectivity index (χ0n) is 6.80. The summed E-state index contributed by atoms with van der Waals surface area (Å²) in [5.41, 5.74) is 0.566. The molecule has 0 atom stereocenters. The first kappa shape index (κ1) is 9.19. The number of carbonyl (C=O) groups excluding carboxylic acids is 1. The Hall–Kier alpha value is -0.900. The molecule has 0 spiro atoms. The first-order valence-electron chi connectivity index (χ1n) is 3.36. The van der Waals surface area contributed by atoms with E-state index in [9.17, 15) is 4.79 Å². The van der Waals surface area contributed by atoms with Gasteiger partial charge in [0.15, 0.2) is 5.78 Å². The third-order valence-electron chi connectivity index (χ3n) is 1.41. The number of ether oxygens (including phenoxy) is 1. The Morgan fingerprint density at radius 1 is 1.58 bits per heavy atom. The summed E-state index contributed by atoms with van der Waals surface area (Å²) in [5, 5.41) is 0. The zero-order chi connectivity index (χ0) is 9.14. The highest BCUT2D eigenvalue weighted by atomic mass is 79.9. The fourth-order valence-corrected chi connectivity index (χ4v) is 1.38. The molecule has 0 fully saturated rings. The monoisotopic (exact) mass is 229 g/mol. The van der Waals surface area contributed by atoms with Gasteiger partial charge in [0.2, 0.25) is 5.88 Å². The van der Waals surface area contributed by atoms with E-state index in [1.165, 1.54) is 14.0 Å². The molecule has 1 heterocycles. The minimum Gasteiger partial charge on any atom is -0.481 e. The van der Waals surface area contributed by atoms with Gasteiger partial charge in [0.05, 0.1) is 12.7 Å². The van der Waals surface area contributed by atoms with Gasteiger partial charge < -0.3 is 4.74 Å². The molecule has 12 heavy (non-hydrogen) atoms. The van der Waals surface area contributed by atoms with Crippen LogP contribution in [-0.4, -0.2) is 17.9 Å². The van der Waals surface area contributed by atoms with E-state index in [1.807, 2.05) is 0 Å². The number of Topliss-reactive ketones (excluding diaryl/α,β-unsaturated/α-hetero) is 1. The Labute approximate surface area is 78.9 Å². The third-order valence-corrected chi connectivity index (χ3v) is 2.02. The molecule has 1 rings (SSSR count). The van der Waals surface area contributed by atoms with Gasteiger partial charge in [0, 0.05) is 6.07 Å². The topological polar surface area (TPSA) is 39.2 Å². The Kier molecular flexibility index (Phi) is 2.81. The van der Waals surface area contributed by atoms with Crippen LogP contribution in [0.15, 0.2) is 16.7 Å². The number of carbonyl (C=O) groups is 1. The van der Waals surface area contributed by atoms with Crippen molar-refractivity contribution in [1.29, 1.82) is 0 Å². The predicted molar refractivity (Wildman–Crippen MR) is 48.5 cm³/mol. The van der Waals surface area contributed by atoms with Crippen molar-refractivity contribution in [3.8, 4) is 5.88 Å². The number of rotatable bonds is 2. The van der Waals surface area contributed by atoms with E-state index >= 15 is 0 Å². The number of halogens is 1. The molecule has 0 amide bonds. The first-order valence-corrected chi connectivity index (χ1v) is 4.16. The standard InChI is InChI=1S/C8H8BrNO2/c1-5(11)6-3-4-7(12-2)10-8(6)9/h3-4H,1-2H3. The Bertz CT molecular complexity index is 312. The number of nitrogens with zero attached hydrogens (tertiary/aromatic N) is 1. The number of hydrogen-bond donors (Lipinski definition) is 0. The molecule has 1 aromatic heterocycles. The molecular formula is C8H8BrNO2. The quantitative estimate of drug-likeness (QED) is 0.576. The van der Waals surface area contributed by atoms with E-state index in [4.69, 9.17) is 4.74 Å². The lowest BCUT2D eigenvalue weighted by atomic mass is 10.2. The molecule has 1 aromatic rings. The van der Waals surface area contributed by atoms with Gasteiger partial charge >= 0.3 is 0 Å². The number of hydrogen-bond acceptors (Lipinski definition) is 3. The molecule has 0 bridgehead atoms. The van der Waals surface area contributed by atoms with Crippen molar-refractivity contribution in [1.82, 2.24) is 4.98 Å². The summed E-state index contributed by atoms with van der Waals surface area (Å²) in [6.45, 7) is 1.49. The molecule has 0 saturated carbocycles. The second kappa shape index (κ2) is 3.67. The molecule has 3 nitrogen and oxygen atoms in total. The van der Waals surface area contributed by atoms with Gasteiger partial charge in [-0.25, -0.2) is 4.98 Å². The summed E-state index contributed by atoms with van der Waals surface area (Å²) in [6.07, 6.45) is 0. The molecule has 0 radical (unpaired) electrons. The molecule has 4 heteroatoms. The molecule has 0 aromatic carbocycles. The van der Waals surface area contributed by atoms with Gasteiger partial charge in [-0.15, -0.1) is 0 Å². The summed E-state index contributed by atoms with van der Waals surface area (Å²) in [7, 11) is 1.53. The van der Waals surface area contributed by atoms with E-state index in [1.54, 1.807) is 12.1 Å². The van der Waals surface area contributed by atoms with E-state index in [0.29, 0.717) is 16.0 Å². The zero-order valence-corrected chi connectivity index (χ0v) is 8.38. The van der Waals surface area contributed by atoms with Crippen LogP contribution in [0.4, 0.5) is 0 Å². The van der Waals surface area contributed by atoms with Crippen molar-refractivity contribution in [2.24, 2.45) is 0 Å². The Morgan fingerprint density at radius 3 is 2.67 bits per heavy atom. The van der Waals surface area contributed by atoms with Crippen molar-refractivity contribution in [2.75, 3.05) is 7.11 Å². The second-order valence-electron chi connectivity index (χ2n) is 2.25. The van der Waals surface area contributed by atoms with Gasteiger partial charge in [0.25, 0.3) is 0 Å². The molecule has 64 valence electrons. The molecule has 0 N–H and O–H groups in total. The molecule has 0 saturated heterocycles. The van der Waals surface area contributed by atoms with E-state index in [0.717, 1.165) is 0 Å². The van der Waals surface area contributed by atoms with E-state index in [2.05, 4.69) is 20.9 Å². The highest BCUT2D eigenvalue weighted by molar-refractivity contribution is 9.10. The van der Waals surface area contributed by atoms with Crippen molar-refractivity contribution in [2.45, 2.75) is 6.92 Å². The highest BCUT2D eigenvalue weighted by Crippen LogP contribution is 2.18. The first-order chi connectivity index (χ1) is 5.65. The molecule has 0 aliphatic carbocycles. The van der Waals surface area contributed by atoms with Crippen LogP contribution in [0, 0.1) is 0 Å². The maximum atomic E-state index is 11.0. The lowest BCUT2D eigenvalue weighted by Crippen LogP contribution is -1.97. The van der Waals surface area contributed by atoms with Gasteiger partial charge in [-0.1, -0.05) is 0 Å². The average molecular weight is 230 g/mol. The van der Waals surface area contributed by atoms with Crippen LogP contribution < -0.4 is 4.74 Å². The molecule has 0 aliphatic heterocycles. The Balaban J connectivity index is 3.12. The lowest BCUT2D eigenvalue weighted by Gasteiger charge is -2.01. The molecule has 0 aliphatic rings. The van der Waals surface area contributed by atoms with Crippen LogP contribution >= 0.6 is 15.9 Å². The van der Waals surface area contributed by atoms with E-state index < -0.39 is 0 Å². The molecule has 0 unspecified atom stereocenters. The van der Waals surface area contributed by atoms with Crippen LogP contribution in [0.1, 0.15) is 17.3 Å². The van der Waals surface area contributed by atoms with Crippen molar-refractivity contribution in [3.05, 3.63) is 22.3 Å². The lowest BCUT2D eigenvalue weighted by molar-refractivity contribution is 0.101. The van der Waals surface area contributed by atoms with Crippen molar-refractivity contribution < 1.29 is 9.53 Å². The summed E-state index contributed by atoms with van der Waals surface area (Å²) >= 11 is 3.18. The normalized spacial score (nSPS) is 9.58. The summed E-state index contributed by atoms with van der Waals surface area (Å²) < 4.78 is 5.40. The van der Waals surface area contributed by atoms with Gasteiger partial charge in [-0.05, 0) is 28.9 Å². The minimum atomic E-state index is -0.0166. The average Bonchev–Trinajstić information content (AvgIpc) is 2.03. The van der Waals surface area contributed by atoms with Crippen LogP contribution in [0.5, 0.6) is 5.88 Å². The highest BCUT2D eigenvalue weighted by Gasteiger charge is 2.06. The number of pyridine rings is 1. The number of ketones is 1. The number of aromatic nitrogens is 1. The Morgan fingerprint density at radius 2 is 2.25 bits per heavy atom. The maximum absolute atomic E-state index is 11.0. The molecular weight excluding hydrogens is 222 g/mol. The smallest absolute Gasteiger partial charge is 0.214 e. The summed E-state index contributed by atoms with van der Waals surface area (Å²) in [5.74, 6) is 0.476.